The Labute approximate surface area is 167 Å². The molecular formula is C22H29N5O. The Bertz CT molecular complexity index is 922. The largest absolute Gasteiger partial charge is 0.497 e. The standard InChI is InChI=1S/C22H29N5O/c1-26(2)12-6-11-23-20-14-19(16-7-10-22(24-15-16)27(3)4)25-21-13-17(28-5)8-9-18(20)21/h7-10,13-15H,6,11-12H2,1-5H3,(H,23,25). The molecule has 0 saturated heterocycles. The number of fused-ring (bicyclic) bond motifs is 1. The summed E-state index contributed by atoms with van der Waals surface area (Å²) in [6, 6.07) is 12.2. The summed E-state index contributed by atoms with van der Waals surface area (Å²) in [5.74, 6) is 1.73. The zero-order valence-corrected chi connectivity index (χ0v) is 17.4. The first-order valence-corrected chi connectivity index (χ1v) is 9.49. The van der Waals surface area contributed by atoms with E-state index in [0.29, 0.717) is 0 Å². The number of hydrogen-bond acceptors (Lipinski definition) is 6. The van der Waals surface area contributed by atoms with E-state index in [1.165, 1.54) is 0 Å². The maximum absolute atomic E-state index is 5.39. The van der Waals surface area contributed by atoms with Crippen molar-refractivity contribution >= 4 is 22.4 Å². The second kappa shape index (κ2) is 8.89. The van der Waals surface area contributed by atoms with Crippen LogP contribution < -0.4 is 15.0 Å². The van der Waals surface area contributed by atoms with Crippen LogP contribution >= 0.6 is 0 Å². The van der Waals surface area contributed by atoms with E-state index in [9.17, 15) is 0 Å². The van der Waals surface area contributed by atoms with Gasteiger partial charge in [0, 0.05) is 49.5 Å². The van der Waals surface area contributed by atoms with Crippen LogP contribution in [0.2, 0.25) is 0 Å². The molecule has 0 aliphatic heterocycles. The SMILES string of the molecule is COc1ccc2c(NCCCN(C)C)cc(-c3ccc(N(C)C)nc3)nc2c1. The van der Waals surface area contributed by atoms with Crippen molar-refractivity contribution < 1.29 is 4.74 Å². The van der Waals surface area contributed by atoms with E-state index in [2.05, 4.69) is 47.5 Å². The summed E-state index contributed by atoms with van der Waals surface area (Å²) in [6.45, 7) is 1.95. The zero-order chi connectivity index (χ0) is 20.1. The Balaban J connectivity index is 1.97. The van der Waals surface area contributed by atoms with E-state index >= 15 is 0 Å². The molecule has 0 unspecified atom stereocenters. The number of hydrogen-bond donors (Lipinski definition) is 1. The van der Waals surface area contributed by atoms with Crippen LogP contribution in [0.25, 0.3) is 22.2 Å². The number of rotatable bonds is 8. The molecule has 0 bridgehead atoms. The highest BCUT2D eigenvalue weighted by atomic mass is 16.5. The van der Waals surface area contributed by atoms with Gasteiger partial charge < -0.3 is 19.9 Å². The monoisotopic (exact) mass is 379 g/mol. The summed E-state index contributed by atoms with van der Waals surface area (Å²) in [4.78, 5) is 13.6. The van der Waals surface area contributed by atoms with Gasteiger partial charge in [-0.1, -0.05) is 0 Å². The molecule has 6 heteroatoms. The van der Waals surface area contributed by atoms with Crippen molar-refractivity contribution in [2.75, 3.05) is 58.6 Å². The van der Waals surface area contributed by atoms with Crippen LogP contribution in [-0.4, -0.2) is 63.3 Å². The summed E-state index contributed by atoms with van der Waals surface area (Å²) in [7, 11) is 9.83. The Kier molecular flexibility index (Phi) is 6.31. The molecule has 0 amide bonds. The molecule has 1 aromatic carbocycles. The molecule has 0 fully saturated rings. The number of ether oxygens (including phenoxy) is 1. The van der Waals surface area contributed by atoms with Crippen molar-refractivity contribution in [2.24, 2.45) is 0 Å². The number of nitrogens with zero attached hydrogens (tertiary/aromatic N) is 4. The Morgan fingerprint density at radius 1 is 1.04 bits per heavy atom. The lowest BCUT2D eigenvalue weighted by molar-refractivity contribution is 0.405. The molecule has 0 saturated carbocycles. The van der Waals surface area contributed by atoms with Crippen LogP contribution in [0.4, 0.5) is 11.5 Å². The molecular weight excluding hydrogens is 350 g/mol. The minimum atomic E-state index is 0.803. The fourth-order valence-electron chi connectivity index (χ4n) is 3.05. The van der Waals surface area contributed by atoms with Crippen LogP contribution in [0, 0.1) is 0 Å². The van der Waals surface area contributed by atoms with Gasteiger partial charge in [-0.05, 0) is 57.4 Å². The number of benzene rings is 1. The zero-order valence-electron chi connectivity index (χ0n) is 17.4. The normalized spacial score (nSPS) is 11.1. The molecule has 0 spiro atoms. The molecule has 2 heterocycles. The van der Waals surface area contributed by atoms with E-state index < -0.39 is 0 Å². The van der Waals surface area contributed by atoms with Crippen molar-refractivity contribution in [1.29, 1.82) is 0 Å². The topological polar surface area (TPSA) is 53.5 Å². The van der Waals surface area contributed by atoms with Gasteiger partial charge in [0.2, 0.25) is 0 Å². The molecule has 2 aromatic heterocycles. The highest BCUT2D eigenvalue weighted by molar-refractivity contribution is 5.94. The molecule has 0 aliphatic rings. The molecule has 6 nitrogen and oxygen atoms in total. The first-order valence-electron chi connectivity index (χ1n) is 9.49. The van der Waals surface area contributed by atoms with Gasteiger partial charge in [-0.2, -0.15) is 0 Å². The third-order valence-electron chi connectivity index (χ3n) is 4.62. The van der Waals surface area contributed by atoms with Gasteiger partial charge in [0.25, 0.3) is 0 Å². The number of methoxy groups -OCH3 is 1. The van der Waals surface area contributed by atoms with Gasteiger partial charge in [-0.25, -0.2) is 9.97 Å². The first kappa shape index (κ1) is 19.9. The van der Waals surface area contributed by atoms with E-state index in [1.807, 2.05) is 43.4 Å². The summed E-state index contributed by atoms with van der Waals surface area (Å²) < 4.78 is 5.39. The highest BCUT2D eigenvalue weighted by Crippen LogP contribution is 2.30. The Hall–Kier alpha value is -2.86. The van der Waals surface area contributed by atoms with Crippen molar-refractivity contribution in [3.8, 4) is 17.0 Å². The summed E-state index contributed by atoms with van der Waals surface area (Å²) in [6.07, 6.45) is 2.95. The maximum atomic E-state index is 5.39. The van der Waals surface area contributed by atoms with Gasteiger partial charge in [-0.15, -0.1) is 0 Å². The second-order valence-electron chi connectivity index (χ2n) is 7.32. The van der Waals surface area contributed by atoms with Crippen LogP contribution in [0.1, 0.15) is 6.42 Å². The van der Waals surface area contributed by atoms with E-state index in [-0.39, 0.29) is 0 Å². The maximum Gasteiger partial charge on any atom is 0.127 e. The number of pyridine rings is 2. The quantitative estimate of drug-likeness (QED) is 0.602. The summed E-state index contributed by atoms with van der Waals surface area (Å²) in [5, 5.41) is 4.67. The minimum absolute atomic E-state index is 0.803. The fraction of sp³-hybridized carbons (Fsp3) is 0.364. The lowest BCUT2D eigenvalue weighted by Crippen LogP contribution is -2.16. The Morgan fingerprint density at radius 2 is 1.86 bits per heavy atom. The molecule has 0 aliphatic carbocycles. The molecule has 28 heavy (non-hydrogen) atoms. The van der Waals surface area contributed by atoms with Gasteiger partial charge in [0.1, 0.15) is 11.6 Å². The predicted molar refractivity (Wildman–Crippen MR) is 118 cm³/mol. The fourth-order valence-corrected chi connectivity index (χ4v) is 3.05. The first-order chi connectivity index (χ1) is 13.5. The predicted octanol–water partition coefficient (Wildman–Crippen LogP) is 3.74. The molecule has 0 radical (unpaired) electrons. The summed E-state index contributed by atoms with van der Waals surface area (Å²) >= 11 is 0. The molecule has 3 aromatic rings. The van der Waals surface area contributed by atoms with Gasteiger partial charge in [0.05, 0.1) is 18.3 Å². The number of nitrogens with one attached hydrogen (secondary N) is 1. The van der Waals surface area contributed by atoms with E-state index in [0.717, 1.165) is 58.9 Å². The highest BCUT2D eigenvalue weighted by Gasteiger charge is 2.10. The smallest absolute Gasteiger partial charge is 0.127 e. The third-order valence-corrected chi connectivity index (χ3v) is 4.62. The van der Waals surface area contributed by atoms with E-state index in [4.69, 9.17) is 9.72 Å². The third kappa shape index (κ3) is 4.70. The average Bonchev–Trinajstić information content (AvgIpc) is 2.70. The summed E-state index contributed by atoms with van der Waals surface area (Å²) in [5.41, 5.74) is 3.88. The van der Waals surface area contributed by atoms with Crippen molar-refractivity contribution in [3.63, 3.8) is 0 Å². The van der Waals surface area contributed by atoms with Crippen molar-refractivity contribution in [1.82, 2.24) is 14.9 Å². The number of aromatic nitrogens is 2. The van der Waals surface area contributed by atoms with Crippen LogP contribution in [0.5, 0.6) is 5.75 Å². The lowest BCUT2D eigenvalue weighted by Gasteiger charge is -2.15. The van der Waals surface area contributed by atoms with Gasteiger partial charge in [-0.3, -0.25) is 0 Å². The molecule has 1 N–H and O–H groups in total. The second-order valence-corrected chi connectivity index (χ2v) is 7.32. The van der Waals surface area contributed by atoms with Crippen LogP contribution in [0.15, 0.2) is 42.6 Å². The van der Waals surface area contributed by atoms with Gasteiger partial charge in [0.15, 0.2) is 0 Å². The van der Waals surface area contributed by atoms with E-state index in [1.54, 1.807) is 7.11 Å². The number of anilines is 2. The molecule has 0 atom stereocenters. The van der Waals surface area contributed by atoms with Crippen molar-refractivity contribution in [2.45, 2.75) is 6.42 Å². The lowest BCUT2D eigenvalue weighted by atomic mass is 10.1. The Morgan fingerprint density at radius 3 is 2.50 bits per heavy atom. The average molecular weight is 380 g/mol. The molecule has 3 rings (SSSR count). The van der Waals surface area contributed by atoms with Crippen LogP contribution in [0.3, 0.4) is 0 Å². The minimum Gasteiger partial charge on any atom is -0.497 e. The van der Waals surface area contributed by atoms with Crippen LogP contribution in [-0.2, 0) is 0 Å². The molecule has 148 valence electrons. The van der Waals surface area contributed by atoms with Crippen molar-refractivity contribution in [3.05, 3.63) is 42.6 Å². The van der Waals surface area contributed by atoms with Gasteiger partial charge >= 0.3 is 0 Å².